The fourth-order valence-corrected chi connectivity index (χ4v) is 5.41. The number of pyridine rings is 1. The number of hydrogen-bond donors (Lipinski definition) is 2. The summed E-state index contributed by atoms with van der Waals surface area (Å²) in [5.41, 5.74) is 0.296. The molecular weight excluding hydrogens is 533 g/mol. The minimum Gasteiger partial charge on any atom is -0.497 e. The summed E-state index contributed by atoms with van der Waals surface area (Å²) < 4.78 is 45.9. The lowest BCUT2D eigenvalue weighted by atomic mass is 9.71. The van der Waals surface area contributed by atoms with Gasteiger partial charge in [0.25, 0.3) is 0 Å². The second kappa shape index (κ2) is 12.2. The molecule has 0 radical (unpaired) electrons. The molecule has 0 bridgehead atoms. The van der Waals surface area contributed by atoms with Gasteiger partial charge in [-0.1, -0.05) is 23.4 Å². The Morgan fingerprint density at radius 2 is 1.97 bits per heavy atom. The van der Waals surface area contributed by atoms with E-state index in [9.17, 15) is 28.2 Å². The molecule has 1 saturated heterocycles. The van der Waals surface area contributed by atoms with Gasteiger partial charge < -0.3 is 14.9 Å². The van der Waals surface area contributed by atoms with Gasteiger partial charge in [0.2, 0.25) is 0 Å². The van der Waals surface area contributed by atoms with Crippen molar-refractivity contribution in [3.05, 3.63) is 70.1 Å². The quantitative estimate of drug-likeness (QED) is 0.270. The number of aromatic nitrogens is 1. The Labute approximate surface area is 229 Å². The zero-order valence-electron chi connectivity index (χ0n) is 21.3. The number of aliphatic hydroxyl groups is 1. The molecule has 6 nitrogen and oxygen atoms in total. The van der Waals surface area contributed by atoms with E-state index >= 15 is 0 Å². The van der Waals surface area contributed by atoms with E-state index in [-0.39, 0.29) is 18.5 Å². The molecular formula is C29H28ClF3N2O4. The maximum atomic E-state index is 13.8. The van der Waals surface area contributed by atoms with Crippen molar-refractivity contribution in [3.8, 4) is 17.6 Å². The highest BCUT2D eigenvalue weighted by Gasteiger charge is 2.37. The van der Waals surface area contributed by atoms with Crippen molar-refractivity contribution in [2.75, 3.05) is 26.7 Å². The molecule has 0 amide bonds. The predicted octanol–water partition coefficient (Wildman–Crippen LogP) is 5.74. The van der Waals surface area contributed by atoms with Crippen LogP contribution in [-0.4, -0.2) is 52.8 Å². The fraction of sp³-hybridized carbons (Fsp3) is 0.379. The van der Waals surface area contributed by atoms with Gasteiger partial charge >= 0.3 is 5.97 Å². The number of carbonyl (C=O) groups is 1. The maximum absolute atomic E-state index is 13.8. The number of fused-ring (bicyclic) bond motifs is 1. The first-order valence-electron chi connectivity index (χ1n) is 12.5. The Kier molecular flexibility index (Phi) is 9.01. The average molecular weight is 561 g/mol. The van der Waals surface area contributed by atoms with Crippen LogP contribution in [0.4, 0.5) is 13.2 Å². The number of carboxylic acids is 1. The van der Waals surface area contributed by atoms with Crippen molar-refractivity contribution >= 4 is 28.5 Å². The van der Waals surface area contributed by atoms with Gasteiger partial charge in [0.05, 0.1) is 42.3 Å². The van der Waals surface area contributed by atoms with Gasteiger partial charge in [-0.05, 0) is 68.5 Å². The van der Waals surface area contributed by atoms with E-state index < -0.39 is 34.9 Å². The van der Waals surface area contributed by atoms with Crippen LogP contribution in [0.25, 0.3) is 10.9 Å². The van der Waals surface area contributed by atoms with Gasteiger partial charge in [-0.2, -0.15) is 0 Å². The van der Waals surface area contributed by atoms with Crippen LogP contribution >= 0.6 is 11.6 Å². The summed E-state index contributed by atoms with van der Waals surface area (Å²) in [6.07, 6.45) is 2.36. The fourth-order valence-electron chi connectivity index (χ4n) is 5.14. The minimum atomic E-state index is -1.29. The van der Waals surface area contributed by atoms with Gasteiger partial charge in [-0.25, -0.2) is 13.2 Å². The molecule has 1 aliphatic rings. The number of carboxylic acid groups (broad SMARTS) is 1. The number of aliphatic carboxylic acids is 1. The third-order valence-electron chi connectivity index (χ3n) is 7.31. The van der Waals surface area contributed by atoms with Gasteiger partial charge in [-0.3, -0.25) is 14.7 Å². The van der Waals surface area contributed by atoms with Crippen molar-refractivity contribution in [1.29, 1.82) is 0 Å². The maximum Gasteiger partial charge on any atom is 0.303 e. The van der Waals surface area contributed by atoms with E-state index in [4.69, 9.17) is 16.3 Å². The number of piperidine rings is 1. The summed E-state index contributed by atoms with van der Waals surface area (Å²) in [6, 6.07) is 6.63. The molecule has 2 N–H and O–H groups in total. The zero-order valence-corrected chi connectivity index (χ0v) is 22.1. The molecule has 206 valence electrons. The van der Waals surface area contributed by atoms with E-state index in [1.165, 1.54) is 6.20 Å². The van der Waals surface area contributed by atoms with E-state index in [1.54, 1.807) is 25.3 Å². The van der Waals surface area contributed by atoms with E-state index in [0.717, 1.165) is 6.07 Å². The smallest absolute Gasteiger partial charge is 0.303 e. The normalized spacial score (nSPS) is 15.9. The SMILES string of the molecule is COc1ccc2ncc(Cl)c([C@@H](O)CCC3(CC(=O)O)CCN(CC#Cc4cc(F)cc(F)c4F)CC3)c2c1. The van der Waals surface area contributed by atoms with Crippen molar-refractivity contribution in [2.45, 2.75) is 38.2 Å². The Morgan fingerprint density at radius 1 is 1.23 bits per heavy atom. The van der Waals surface area contributed by atoms with Crippen LogP contribution in [0.1, 0.15) is 49.3 Å². The Hall–Kier alpha value is -3.32. The Bertz CT molecular complexity index is 1430. The minimum absolute atomic E-state index is 0.0499. The van der Waals surface area contributed by atoms with E-state index in [2.05, 4.69) is 16.8 Å². The number of halogens is 4. The van der Waals surface area contributed by atoms with Crippen LogP contribution < -0.4 is 4.74 Å². The molecule has 0 saturated carbocycles. The highest BCUT2D eigenvalue weighted by Crippen LogP contribution is 2.43. The molecule has 3 aromatic rings. The molecule has 0 spiro atoms. The number of ether oxygens (including phenoxy) is 1. The molecule has 2 heterocycles. The molecule has 0 unspecified atom stereocenters. The van der Waals surface area contributed by atoms with Crippen LogP contribution in [0.5, 0.6) is 5.75 Å². The lowest BCUT2D eigenvalue weighted by Crippen LogP contribution is -2.41. The molecule has 4 rings (SSSR count). The van der Waals surface area contributed by atoms with Crippen molar-refractivity contribution in [2.24, 2.45) is 5.41 Å². The van der Waals surface area contributed by atoms with Crippen LogP contribution in [0.2, 0.25) is 5.02 Å². The molecule has 1 aliphatic heterocycles. The Morgan fingerprint density at radius 3 is 2.67 bits per heavy atom. The van der Waals surface area contributed by atoms with Crippen LogP contribution in [0.3, 0.4) is 0 Å². The summed E-state index contributed by atoms with van der Waals surface area (Å²) in [5.74, 6) is 1.53. The van der Waals surface area contributed by atoms with Gasteiger partial charge in [0.15, 0.2) is 11.6 Å². The molecule has 1 atom stereocenters. The van der Waals surface area contributed by atoms with Gasteiger partial charge in [-0.15, -0.1) is 0 Å². The third-order valence-corrected chi connectivity index (χ3v) is 7.61. The Balaban J connectivity index is 1.44. The largest absolute Gasteiger partial charge is 0.497 e. The lowest BCUT2D eigenvalue weighted by Gasteiger charge is -2.41. The number of hydrogen-bond acceptors (Lipinski definition) is 5. The van der Waals surface area contributed by atoms with Crippen LogP contribution in [0.15, 0.2) is 36.5 Å². The molecule has 2 aromatic carbocycles. The number of rotatable bonds is 8. The summed E-state index contributed by atoms with van der Waals surface area (Å²) in [6.45, 7) is 1.31. The number of likely N-dealkylation sites (tertiary alicyclic amines) is 1. The van der Waals surface area contributed by atoms with Gasteiger partial charge in [0.1, 0.15) is 11.6 Å². The number of nitrogens with zero attached hydrogens (tertiary/aromatic N) is 2. The monoisotopic (exact) mass is 560 g/mol. The van der Waals surface area contributed by atoms with E-state index in [0.29, 0.717) is 72.1 Å². The lowest BCUT2D eigenvalue weighted by molar-refractivity contribution is -0.141. The second-order valence-electron chi connectivity index (χ2n) is 9.85. The summed E-state index contributed by atoms with van der Waals surface area (Å²) >= 11 is 6.43. The highest BCUT2D eigenvalue weighted by molar-refractivity contribution is 6.32. The molecule has 1 aromatic heterocycles. The second-order valence-corrected chi connectivity index (χ2v) is 10.3. The van der Waals surface area contributed by atoms with Crippen LogP contribution in [-0.2, 0) is 4.79 Å². The zero-order chi connectivity index (χ0) is 28.2. The van der Waals surface area contributed by atoms with Crippen LogP contribution in [0, 0.1) is 34.7 Å². The number of aliphatic hydroxyl groups excluding tert-OH is 1. The average Bonchev–Trinajstić information content (AvgIpc) is 2.90. The van der Waals surface area contributed by atoms with Crippen molar-refractivity contribution in [1.82, 2.24) is 9.88 Å². The predicted molar refractivity (Wildman–Crippen MR) is 141 cm³/mol. The standard InChI is InChI=1S/C29H28ClF3N2O4/c1-39-20-4-5-24-21(15-20)27(22(30)17-34-24)25(36)6-7-29(16-26(37)38)8-11-35(12-9-29)10-2-3-18-13-19(31)14-23(32)28(18)33/h4-5,13-15,17,25,36H,6-12,16H2,1H3,(H,37,38)/t25-/m0/s1. The number of methoxy groups -OCH3 is 1. The number of benzene rings is 2. The third kappa shape index (κ3) is 6.82. The molecule has 0 aliphatic carbocycles. The topological polar surface area (TPSA) is 82.9 Å². The molecule has 10 heteroatoms. The summed E-state index contributed by atoms with van der Waals surface area (Å²) in [7, 11) is 1.54. The van der Waals surface area contributed by atoms with Gasteiger partial charge in [0, 0.05) is 23.2 Å². The van der Waals surface area contributed by atoms with Crippen molar-refractivity contribution < 1.29 is 32.9 Å². The summed E-state index contributed by atoms with van der Waals surface area (Å²) in [5, 5.41) is 21.8. The summed E-state index contributed by atoms with van der Waals surface area (Å²) in [4.78, 5) is 18.0. The van der Waals surface area contributed by atoms with Crippen molar-refractivity contribution in [3.63, 3.8) is 0 Å². The first-order chi connectivity index (χ1) is 18.6. The van der Waals surface area contributed by atoms with E-state index in [1.807, 2.05) is 4.90 Å². The first-order valence-corrected chi connectivity index (χ1v) is 12.9. The molecule has 1 fully saturated rings. The molecule has 39 heavy (non-hydrogen) atoms. The highest BCUT2D eigenvalue weighted by atomic mass is 35.5. The first kappa shape index (κ1) is 28.7.